The van der Waals surface area contributed by atoms with Gasteiger partial charge in [0, 0.05) is 0 Å². The fourth-order valence-corrected chi connectivity index (χ4v) is 1.41. The van der Waals surface area contributed by atoms with E-state index in [0.717, 1.165) is 0 Å². The van der Waals surface area contributed by atoms with Gasteiger partial charge in [0.15, 0.2) is 11.6 Å². The van der Waals surface area contributed by atoms with Crippen molar-refractivity contribution in [2.75, 3.05) is 6.61 Å². The van der Waals surface area contributed by atoms with Gasteiger partial charge in [0.25, 0.3) is 6.43 Å². The third kappa shape index (κ3) is 4.80. The first kappa shape index (κ1) is 17.1. The minimum Gasteiger partial charge on any atom is -0.466 e. The predicted molar refractivity (Wildman–Crippen MR) is 56.2 cm³/mol. The van der Waals surface area contributed by atoms with E-state index in [-0.39, 0.29) is 12.8 Å². The molecule has 0 amide bonds. The van der Waals surface area contributed by atoms with E-state index in [9.17, 15) is 31.1 Å². The van der Waals surface area contributed by atoms with Crippen molar-refractivity contribution in [3.63, 3.8) is 0 Å². The molecular weight excluding hydrogens is 308 g/mol. The van der Waals surface area contributed by atoms with Crippen LogP contribution in [0.25, 0.3) is 0 Å². The van der Waals surface area contributed by atoms with Crippen molar-refractivity contribution < 1.29 is 40.6 Å². The van der Waals surface area contributed by atoms with Gasteiger partial charge in [-0.25, -0.2) is 13.2 Å². The number of hydrogen-bond acceptors (Lipinski definition) is 4. The topological polar surface area (TPSA) is 48.4 Å². The third-order valence-electron chi connectivity index (χ3n) is 2.15. The van der Waals surface area contributed by atoms with Crippen molar-refractivity contribution in [3.8, 4) is 5.75 Å². The number of nitrogens with zero attached hydrogens (tertiary/aromatic N) is 1. The van der Waals surface area contributed by atoms with Crippen LogP contribution >= 0.6 is 0 Å². The number of pyridine rings is 1. The van der Waals surface area contributed by atoms with E-state index in [1.165, 1.54) is 6.92 Å². The fourth-order valence-electron chi connectivity index (χ4n) is 1.41. The summed E-state index contributed by atoms with van der Waals surface area (Å²) in [7, 11) is 0. The van der Waals surface area contributed by atoms with Crippen LogP contribution in [0.5, 0.6) is 5.75 Å². The Labute approximate surface area is 114 Å². The number of aromatic nitrogens is 1. The van der Waals surface area contributed by atoms with Crippen molar-refractivity contribution >= 4 is 5.97 Å². The molecule has 0 aromatic carbocycles. The zero-order chi connectivity index (χ0) is 16.2. The number of esters is 1. The van der Waals surface area contributed by atoms with Crippen molar-refractivity contribution in [1.29, 1.82) is 0 Å². The molecule has 0 aliphatic heterocycles. The van der Waals surface area contributed by atoms with Gasteiger partial charge < -0.3 is 9.47 Å². The van der Waals surface area contributed by atoms with Crippen molar-refractivity contribution in [2.24, 2.45) is 0 Å². The minimum absolute atomic E-state index is 0.0303. The summed E-state index contributed by atoms with van der Waals surface area (Å²) in [6.45, 7) is 1.43. The Bertz CT molecular complexity index is 517. The average Bonchev–Trinajstić information content (AvgIpc) is 2.30. The zero-order valence-corrected chi connectivity index (χ0v) is 10.5. The molecule has 0 saturated carbocycles. The molecule has 0 aliphatic carbocycles. The first-order valence-corrected chi connectivity index (χ1v) is 5.52. The summed E-state index contributed by atoms with van der Waals surface area (Å²) >= 11 is 0. The maximum absolute atomic E-state index is 13.8. The summed E-state index contributed by atoms with van der Waals surface area (Å²) < 4.78 is 83.0. The van der Waals surface area contributed by atoms with E-state index < -0.39 is 48.0 Å². The largest absolute Gasteiger partial charge is 0.573 e. The number of alkyl halides is 5. The number of hydrogen-bond donors (Lipinski definition) is 0. The quantitative estimate of drug-likeness (QED) is 0.618. The summed E-state index contributed by atoms with van der Waals surface area (Å²) in [6.07, 6.45) is -9.36. The van der Waals surface area contributed by atoms with Crippen molar-refractivity contribution in [3.05, 3.63) is 23.3 Å². The van der Waals surface area contributed by atoms with Crippen molar-refractivity contribution in [2.45, 2.75) is 26.1 Å². The number of halogens is 6. The van der Waals surface area contributed by atoms with Crippen LogP contribution in [0.1, 0.15) is 24.6 Å². The molecule has 0 unspecified atom stereocenters. The molecule has 1 aromatic rings. The van der Waals surface area contributed by atoms with Crippen LogP contribution in [0.3, 0.4) is 0 Å². The standard InChI is InChI=1S/C11H9F6NO3/c1-2-20-7(19)3-5-9(12)8(10(13)14)6(4-18-5)21-11(15,16)17/h4,10H,2-3H2,1H3. The molecule has 118 valence electrons. The molecule has 1 heterocycles. The molecule has 0 bridgehead atoms. The Morgan fingerprint density at radius 1 is 1.38 bits per heavy atom. The lowest BCUT2D eigenvalue weighted by molar-refractivity contribution is -0.275. The number of carbonyl (C=O) groups is 1. The number of ether oxygens (including phenoxy) is 2. The van der Waals surface area contributed by atoms with Gasteiger partial charge in [-0.1, -0.05) is 0 Å². The molecule has 0 N–H and O–H groups in total. The summed E-state index contributed by atoms with van der Waals surface area (Å²) in [5, 5.41) is 0. The second-order valence-electron chi connectivity index (χ2n) is 3.63. The van der Waals surface area contributed by atoms with Crippen LogP contribution in [0.15, 0.2) is 6.20 Å². The molecule has 0 fully saturated rings. The third-order valence-corrected chi connectivity index (χ3v) is 2.15. The zero-order valence-electron chi connectivity index (χ0n) is 10.5. The fraction of sp³-hybridized carbons (Fsp3) is 0.455. The van der Waals surface area contributed by atoms with Crippen LogP contribution < -0.4 is 4.74 Å². The Hall–Kier alpha value is -2.00. The van der Waals surface area contributed by atoms with Crippen LogP contribution in [-0.4, -0.2) is 23.9 Å². The van der Waals surface area contributed by atoms with Gasteiger partial charge in [0.2, 0.25) is 0 Å². The summed E-state index contributed by atoms with van der Waals surface area (Å²) in [5.74, 6) is -4.14. The molecule has 0 saturated heterocycles. The molecule has 4 nitrogen and oxygen atoms in total. The summed E-state index contributed by atoms with van der Waals surface area (Å²) in [4.78, 5) is 14.3. The molecule has 1 aromatic heterocycles. The van der Waals surface area contributed by atoms with Gasteiger partial charge >= 0.3 is 12.3 Å². The molecule has 10 heteroatoms. The van der Waals surface area contributed by atoms with E-state index in [1.807, 2.05) is 0 Å². The molecule has 1 rings (SSSR count). The molecule has 0 aliphatic rings. The highest BCUT2D eigenvalue weighted by atomic mass is 19.4. The van der Waals surface area contributed by atoms with Crippen LogP contribution in [0.4, 0.5) is 26.3 Å². The van der Waals surface area contributed by atoms with Gasteiger partial charge in [-0.15, -0.1) is 13.2 Å². The Kier molecular flexibility index (Phi) is 5.39. The Morgan fingerprint density at radius 2 is 2.00 bits per heavy atom. The minimum atomic E-state index is -5.28. The second-order valence-corrected chi connectivity index (χ2v) is 3.63. The molecule has 21 heavy (non-hydrogen) atoms. The van der Waals surface area contributed by atoms with Gasteiger partial charge in [-0.2, -0.15) is 0 Å². The lowest BCUT2D eigenvalue weighted by atomic mass is 10.1. The summed E-state index contributed by atoms with van der Waals surface area (Å²) in [6, 6.07) is 0. The maximum atomic E-state index is 13.8. The van der Waals surface area contributed by atoms with Crippen LogP contribution in [-0.2, 0) is 16.0 Å². The first-order valence-electron chi connectivity index (χ1n) is 5.52. The highest BCUT2D eigenvalue weighted by Gasteiger charge is 2.35. The molecule has 0 spiro atoms. The van der Waals surface area contributed by atoms with Gasteiger partial charge in [0.1, 0.15) is 0 Å². The van der Waals surface area contributed by atoms with Gasteiger partial charge in [-0.05, 0) is 6.92 Å². The van der Waals surface area contributed by atoms with Crippen LogP contribution in [0.2, 0.25) is 0 Å². The van der Waals surface area contributed by atoms with E-state index in [2.05, 4.69) is 14.5 Å². The molecule has 0 atom stereocenters. The van der Waals surface area contributed by atoms with E-state index >= 15 is 0 Å². The van der Waals surface area contributed by atoms with Gasteiger partial charge in [0.05, 0.1) is 30.5 Å². The maximum Gasteiger partial charge on any atom is 0.573 e. The van der Waals surface area contributed by atoms with E-state index in [0.29, 0.717) is 0 Å². The average molecular weight is 317 g/mol. The first-order chi connectivity index (χ1) is 9.65. The Morgan fingerprint density at radius 3 is 2.48 bits per heavy atom. The van der Waals surface area contributed by atoms with Crippen LogP contribution in [0, 0.1) is 5.82 Å². The van der Waals surface area contributed by atoms with Crippen molar-refractivity contribution in [1.82, 2.24) is 4.98 Å². The highest BCUT2D eigenvalue weighted by Crippen LogP contribution is 2.35. The molecule has 0 radical (unpaired) electrons. The second kappa shape index (κ2) is 6.64. The normalized spacial score (nSPS) is 11.6. The lowest BCUT2D eigenvalue weighted by Gasteiger charge is -2.14. The van der Waals surface area contributed by atoms with Gasteiger partial charge in [-0.3, -0.25) is 9.78 Å². The smallest absolute Gasteiger partial charge is 0.466 e. The monoisotopic (exact) mass is 317 g/mol. The molecular formula is C11H9F6NO3. The highest BCUT2D eigenvalue weighted by molar-refractivity contribution is 5.72. The lowest BCUT2D eigenvalue weighted by Crippen LogP contribution is -2.20. The predicted octanol–water partition coefficient (Wildman–Crippen LogP) is 3.16. The SMILES string of the molecule is CCOC(=O)Cc1ncc(OC(F)(F)F)c(C(F)F)c1F. The Balaban J connectivity index is 3.16. The van der Waals surface area contributed by atoms with E-state index in [1.54, 1.807) is 0 Å². The van der Waals surface area contributed by atoms with E-state index in [4.69, 9.17) is 0 Å². The number of carbonyl (C=O) groups excluding carboxylic acids is 1. The summed E-state index contributed by atoms with van der Waals surface area (Å²) in [5.41, 5.74) is -2.36. The number of rotatable bonds is 5.